The quantitative estimate of drug-likeness (QED) is 0.695. The Hall–Kier alpha value is -2.42. The van der Waals surface area contributed by atoms with Crippen LogP contribution in [0.2, 0.25) is 0 Å². The molecule has 3 aromatic rings. The number of rotatable bonds is 3. The van der Waals surface area contributed by atoms with Crippen molar-refractivity contribution in [2.24, 2.45) is 0 Å². The van der Waals surface area contributed by atoms with Gasteiger partial charge in [-0.1, -0.05) is 29.8 Å². The van der Waals surface area contributed by atoms with Gasteiger partial charge in [-0.2, -0.15) is 0 Å². The number of aryl methyl sites for hydroxylation is 2. The first-order valence-corrected chi connectivity index (χ1v) is 6.86. The van der Waals surface area contributed by atoms with Crippen LogP contribution < -0.4 is 9.47 Å². The minimum absolute atomic E-state index is 0.726. The Balaban J connectivity index is 2.32. The summed E-state index contributed by atoms with van der Waals surface area (Å²) in [5.41, 5.74) is 4.21. The largest absolute Gasteiger partial charge is 0.496 e. The van der Waals surface area contributed by atoms with Gasteiger partial charge in [0.15, 0.2) is 0 Å². The molecule has 0 atom stereocenters. The average Bonchev–Trinajstić information content (AvgIpc) is 2.83. The smallest absolute Gasteiger partial charge is 0.142 e. The Morgan fingerprint density at radius 3 is 2.24 bits per heavy atom. The number of hydrogen-bond donors (Lipinski definition) is 0. The number of furan rings is 1. The van der Waals surface area contributed by atoms with E-state index in [1.54, 1.807) is 14.2 Å². The van der Waals surface area contributed by atoms with Crippen LogP contribution in [0.1, 0.15) is 11.3 Å². The zero-order chi connectivity index (χ0) is 15.0. The van der Waals surface area contributed by atoms with E-state index in [2.05, 4.69) is 31.2 Å². The van der Waals surface area contributed by atoms with Gasteiger partial charge in [0, 0.05) is 17.7 Å². The van der Waals surface area contributed by atoms with Crippen molar-refractivity contribution in [2.45, 2.75) is 13.8 Å². The first kappa shape index (κ1) is 13.6. The Bertz CT molecular complexity index is 782. The molecule has 1 aromatic heterocycles. The van der Waals surface area contributed by atoms with Crippen LogP contribution in [-0.2, 0) is 0 Å². The number of hydrogen-bond acceptors (Lipinski definition) is 3. The predicted octanol–water partition coefficient (Wildman–Crippen LogP) is 4.73. The molecule has 108 valence electrons. The van der Waals surface area contributed by atoms with Gasteiger partial charge in [0.05, 0.1) is 19.6 Å². The summed E-state index contributed by atoms with van der Waals surface area (Å²) >= 11 is 0. The third kappa shape index (κ3) is 2.25. The van der Waals surface area contributed by atoms with Crippen molar-refractivity contribution in [1.29, 1.82) is 0 Å². The van der Waals surface area contributed by atoms with Gasteiger partial charge in [-0.05, 0) is 19.4 Å². The van der Waals surface area contributed by atoms with Gasteiger partial charge in [-0.25, -0.2) is 0 Å². The normalized spacial score (nSPS) is 10.9. The van der Waals surface area contributed by atoms with Crippen LogP contribution in [0, 0.1) is 13.8 Å². The highest BCUT2D eigenvalue weighted by molar-refractivity contribution is 6.00. The molecule has 0 amide bonds. The summed E-state index contributed by atoms with van der Waals surface area (Å²) in [5, 5.41) is 0.986. The summed E-state index contributed by atoms with van der Waals surface area (Å²) in [6, 6.07) is 12.2. The van der Waals surface area contributed by atoms with Gasteiger partial charge in [0.1, 0.15) is 22.8 Å². The molecule has 0 saturated heterocycles. The maximum atomic E-state index is 5.91. The lowest BCUT2D eigenvalue weighted by Crippen LogP contribution is -1.88. The van der Waals surface area contributed by atoms with Gasteiger partial charge in [-0.15, -0.1) is 0 Å². The van der Waals surface area contributed by atoms with E-state index in [0.717, 1.165) is 39.4 Å². The van der Waals surface area contributed by atoms with Gasteiger partial charge in [0.25, 0.3) is 0 Å². The van der Waals surface area contributed by atoms with E-state index in [9.17, 15) is 0 Å². The molecule has 3 nitrogen and oxygen atoms in total. The molecule has 21 heavy (non-hydrogen) atoms. The van der Waals surface area contributed by atoms with Crippen LogP contribution in [0.25, 0.3) is 22.1 Å². The third-order valence-corrected chi connectivity index (χ3v) is 3.70. The summed E-state index contributed by atoms with van der Waals surface area (Å²) in [7, 11) is 3.30. The summed E-state index contributed by atoms with van der Waals surface area (Å²) in [5.74, 6) is 2.36. The van der Waals surface area contributed by atoms with E-state index >= 15 is 0 Å². The number of benzene rings is 2. The van der Waals surface area contributed by atoms with E-state index in [0.29, 0.717) is 0 Å². The van der Waals surface area contributed by atoms with Crippen LogP contribution in [0.5, 0.6) is 11.5 Å². The van der Waals surface area contributed by atoms with Crippen LogP contribution in [0.15, 0.2) is 40.8 Å². The van der Waals surface area contributed by atoms with Crippen molar-refractivity contribution >= 4 is 11.0 Å². The second kappa shape index (κ2) is 5.17. The highest BCUT2D eigenvalue weighted by Gasteiger charge is 2.18. The van der Waals surface area contributed by atoms with Crippen LogP contribution in [0.4, 0.5) is 0 Å². The van der Waals surface area contributed by atoms with Crippen molar-refractivity contribution in [3.05, 3.63) is 47.7 Å². The highest BCUT2D eigenvalue weighted by atomic mass is 16.5. The fourth-order valence-corrected chi connectivity index (χ4v) is 2.63. The molecular formula is C18H18O3. The Labute approximate surface area is 124 Å². The van der Waals surface area contributed by atoms with Crippen LogP contribution in [-0.4, -0.2) is 14.2 Å². The maximum absolute atomic E-state index is 5.91. The molecule has 0 N–H and O–H groups in total. The molecule has 0 spiro atoms. The zero-order valence-corrected chi connectivity index (χ0v) is 12.7. The molecule has 0 aliphatic rings. The molecule has 0 aliphatic carbocycles. The van der Waals surface area contributed by atoms with Crippen molar-refractivity contribution in [3.63, 3.8) is 0 Å². The van der Waals surface area contributed by atoms with Gasteiger partial charge >= 0.3 is 0 Å². The molecule has 0 unspecified atom stereocenters. The fourth-order valence-electron chi connectivity index (χ4n) is 2.63. The molecule has 0 radical (unpaired) electrons. The predicted molar refractivity (Wildman–Crippen MR) is 84.2 cm³/mol. The fraction of sp³-hybridized carbons (Fsp3) is 0.222. The van der Waals surface area contributed by atoms with Gasteiger partial charge < -0.3 is 13.9 Å². The number of ether oxygens (including phenoxy) is 2. The Kier molecular flexibility index (Phi) is 3.34. The van der Waals surface area contributed by atoms with Gasteiger partial charge in [-0.3, -0.25) is 0 Å². The Morgan fingerprint density at radius 2 is 1.62 bits per heavy atom. The van der Waals surface area contributed by atoms with E-state index in [-0.39, 0.29) is 0 Å². The van der Waals surface area contributed by atoms with E-state index < -0.39 is 0 Å². The molecule has 3 rings (SSSR count). The Morgan fingerprint density at radius 1 is 0.905 bits per heavy atom. The standard InChI is InChI=1S/C18H18O3/c1-11-5-7-13(8-6-11)17-12(2)21-16-10-14(19-3)9-15(20-4)18(16)17/h5-10H,1-4H3. The number of methoxy groups -OCH3 is 2. The molecule has 0 fully saturated rings. The SMILES string of the molecule is COc1cc(OC)c2c(-c3ccc(C)cc3)c(C)oc2c1. The summed E-state index contributed by atoms with van der Waals surface area (Å²) in [4.78, 5) is 0. The first-order valence-electron chi connectivity index (χ1n) is 6.86. The molecular weight excluding hydrogens is 264 g/mol. The summed E-state index contributed by atoms with van der Waals surface area (Å²) < 4.78 is 16.7. The minimum atomic E-state index is 0.726. The van der Waals surface area contributed by atoms with E-state index in [1.165, 1.54) is 5.56 Å². The van der Waals surface area contributed by atoms with Crippen molar-refractivity contribution < 1.29 is 13.9 Å². The lowest BCUT2D eigenvalue weighted by molar-refractivity contribution is 0.397. The third-order valence-electron chi connectivity index (χ3n) is 3.70. The molecule has 0 saturated carbocycles. The summed E-state index contributed by atoms with van der Waals surface area (Å²) in [6.45, 7) is 4.05. The van der Waals surface area contributed by atoms with Crippen molar-refractivity contribution in [1.82, 2.24) is 0 Å². The second-order valence-corrected chi connectivity index (χ2v) is 5.10. The summed E-state index contributed by atoms with van der Waals surface area (Å²) in [6.07, 6.45) is 0. The first-order chi connectivity index (χ1) is 10.1. The van der Waals surface area contributed by atoms with Crippen molar-refractivity contribution in [2.75, 3.05) is 14.2 Å². The molecule has 0 bridgehead atoms. The monoisotopic (exact) mass is 282 g/mol. The number of fused-ring (bicyclic) bond motifs is 1. The van der Waals surface area contributed by atoms with Gasteiger partial charge in [0.2, 0.25) is 0 Å². The van der Waals surface area contributed by atoms with Crippen LogP contribution in [0.3, 0.4) is 0 Å². The average molecular weight is 282 g/mol. The van der Waals surface area contributed by atoms with Crippen LogP contribution >= 0.6 is 0 Å². The lowest BCUT2D eigenvalue weighted by Gasteiger charge is -2.07. The molecule has 0 aliphatic heterocycles. The highest BCUT2D eigenvalue weighted by Crippen LogP contribution is 2.42. The minimum Gasteiger partial charge on any atom is -0.496 e. The maximum Gasteiger partial charge on any atom is 0.142 e. The molecule has 3 heteroatoms. The zero-order valence-electron chi connectivity index (χ0n) is 12.7. The molecule has 1 heterocycles. The molecule has 2 aromatic carbocycles. The topological polar surface area (TPSA) is 31.6 Å². The van der Waals surface area contributed by atoms with Crippen molar-refractivity contribution in [3.8, 4) is 22.6 Å². The van der Waals surface area contributed by atoms with E-state index in [1.807, 2.05) is 19.1 Å². The lowest BCUT2D eigenvalue weighted by atomic mass is 10.0. The second-order valence-electron chi connectivity index (χ2n) is 5.10. The van der Waals surface area contributed by atoms with E-state index in [4.69, 9.17) is 13.9 Å².